The van der Waals surface area contributed by atoms with E-state index in [0.29, 0.717) is 10.7 Å². The van der Waals surface area contributed by atoms with E-state index < -0.39 is 0 Å². The number of para-hydroxylation sites is 1. The van der Waals surface area contributed by atoms with Gasteiger partial charge in [-0.25, -0.2) is 9.97 Å². The van der Waals surface area contributed by atoms with Crippen molar-refractivity contribution < 1.29 is 4.79 Å². The van der Waals surface area contributed by atoms with Crippen molar-refractivity contribution in [2.24, 2.45) is 0 Å². The molecule has 122 valence electrons. The second kappa shape index (κ2) is 8.48. The Bertz CT molecular complexity index is 639. The molecule has 6 heteroatoms. The molecule has 0 aliphatic heterocycles. The number of aromatic nitrogens is 2. The van der Waals surface area contributed by atoms with Crippen LogP contribution in [0.1, 0.15) is 37.2 Å². The lowest BCUT2D eigenvalue weighted by molar-refractivity contribution is 0.102. The number of rotatable bonds is 7. The molecule has 0 radical (unpaired) electrons. The Morgan fingerprint density at radius 2 is 1.83 bits per heavy atom. The minimum absolute atomic E-state index is 0.265. The number of benzene rings is 1. The summed E-state index contributed by atoms with van der Waals surface area (Å²) < 4.78 is 0. The van der Waals surface area contributed by atoms with Gasteiger partial charge in [0, 0.05) is 13.1 Å². The molecule has 0 saturated carbocycles. The van der Waals surface area contributed by atoms with Crippen molar-refractivity contribution in [2.75, 3.05) is 23.3 Å². The highest BCUT2D eigenvalue weighted by Crippen LogP contribution is 2.21. The monoisotopic (exact) mass is 332 g/mol. The molecule has 0 atom stereocenters. The summed E-state index contributed by atoms with van der Waals surface area (Å²) in [5.74, 6) is 0.470. The van der Waals surface area contributed by atoms with Crippen molar-refractivity contribution in [1.82, 2.24) is 9.97 Å². The summed E-state index contributed by atoms with van der Waals surface area (Å²) in [5.41, 5.74) is 0.824. The summed E-state index contributed by atoms with van der Waals surface area (Å²) in [6.45, 7) is 6.10. The van der Waals surface area contributed by atoms with Gasteiger partial charge in [-0.15, -0.1) is 0 Å². The predicted octanol–water partition coefficient (Wildman–Crippen LogP) is 4.01. The molecule has 1 amide bonds. The molecule has 1 aromatic carbocycles. The van der Waals surface area contributed by atoms with Gasteiger partial charge in [0.1, 0.15) is 11.5 Å². The molecule has 5 nitrogen and oxygen atoms in total. The number of hydrogen-bond acceptors (Lipinski definition) is 4. The Kier molecular flexibility index (Phi) is 6.35. The third kappa shape index (κ3) is 4.66. The van der Waals surface area contributed by atoms with Crippen molar-refractivity contribution in [3.63, 3.8) is 0 Å². The lowest BCUT2D eigenvalue weighted by Gasteiger charge is -2.22. The van der Waals surface area contributed by atoms with E-state index in [2.05, 4.69) is 34.0 Å². The quantitative estimate of drug-likeness (QED) is 0.832. The second-order valence-corrected chi connectivity index (χ2v) is 5.59. The fraction of sp³-hybridized carbons (Fsp3) is 0.353. The first-order valence-electron chi connectivity index (χ1n) is 7.78. The molecule has 0 unspecified atom stereocenters. The fourth-order valence-electron chi connectivity index (χ4n) is 2.23. The van der Waals surface area contributed by atoms with E-state index >= 15 is 0 Å². The van der Waals surface area contributed by atoms with E-state index in [1.165, 1.54) is 6.20 Å². The molecule has 1 heterocycles. The Hall–Kier alpha value is -2.14. The Balaban J connectivity index is 2.09. The maximum absolute atomic E-state index is 12.2. The fourth-order valence-corrected chi connectivity index (χ4v) is 2.41. The van der Waals surface area contributed by atoms with Crippen LogP contribution in [0, 0.1) is 0 Å². The summed E-state index contributed by atoms with van der Waals surface area (Å²) in [6.07, 6.45) is 5.22. The molecule has 1 aromatic heterocycles. The number of carbonyl (C=O) groups excluding carboxylic acids is 1. The molecule has 23 heavy (non-hydrogen) atoms. The largest absolute Gasteiger partial charge is 0.355 e. The zero-order chi connectivity index (χ0) is 16.7. The topological polar surface area (TPSA) is 58.1 Å². The lowest BCUT2D eigenvalue weighted by atomic mass is 10.3. The first kappa shape index (κ1) is 17.2. The predicted molar refractivity (Wildman–Crippen MR) is 94.2 cm³/mol. The number of anilines is 2. The third-order valence-electron chi connectivity index (χ3n) is 3.30. The third-order valence-corrected chi connectivity index (χ3v) is 3.63. The van der Waals surface area contributed by atoms with Crippen LogP contribution >= 0.6 is 11.6 Å². The van der Waals surface area contributed by atoms with Crippen molar-refractivity contribution >= 4 is 29.0 Å². The summed E-state index contributed by atoms with van der Waals surface area (Å²) in [4.78, 5) is 23.0. The summed E-state index contributed by atoms with van der Waals surface area (Å²) in [7, 11) is 0. The smallest absolute Gasteiger partial charge is 0.275 e. The van der Waals surface area contributed by atoms with E-state index in [-0.39, 0.29) is 11.6 Å². The first-order valence-corrected chi connectivity index (χ1v) is 8.16. The summed E-state index contributed by atoms with van der Waals surface area (Å²) in [6, 6.07) is 7.08. The van der Waals surface area contributed by atoms with E-state index in [4.69, 9.17) is 11.6 Å². The van der Waals surface area contributed by atoms with Crippen LogP contribution in [-0.2, 0) is 0 Å². The van der Waals surface area contributed by atoms with Crippen molar-refractivity contribution in [3.8, 4) is 0 Å². The average Bonchev–Trinajstić information content (AvgIpc) is 2.57. The number of amides is 1. The van der Waals surface area contributed by atoms with E-state index in [9.17, 15) is 4.79 Å². The van der Waals surface area contributed by atoms with Crippen molar-refractivity contribution in [2.45, 2.75) is 26.7 Å². The Morgan fingerprint density at radius 3 is 2.39 bits per heavy atom. The van der Waals surface area contributed by atoms with Crippen LogP contribution in [0.3, 0.4) is 0 Å². The van der Waals surface area contributed by atoms with Gasteiger partial charge in [-0.1, -0.05) is 37.6 Å². The maximum atomic E-state index is 12.2. The minimum atomic E-state index is -0.324. The van der Waals surface area contributed by atoms with Gasteiger partial charge >= 0.3 is 0 Å². The van der Waals surface area contributed by atoms with Gasteiger partial charge in [0.25, 0.3) is 5.91 Å². The molecule has 0 aliphatic carbocycles. The van der Waals surface area contributed by atoms with Gasteiger partial charge < -0.3 is 10.2 Å². The van der Waals surface area contributed by atoms with Crippen molar-refractivity contribution in [1.29, 1.82) is 0 Å². The van der Waals surface area contributed by atoms with Crippen LogP contribution in [0.25, 0.3) is 0 Å². The first-order chi connectivity index (χ1) is 11.2. The summed E-state index contributed by atoms with van der Waals surface area (Å²) in [5, 5.41) is 3.23. The molecule has 0 aliphatic rings. The normalized spacial score (nSPS) is 10.4. The molecule has 1 N–H and O–H groups in total. The molecule has 0 bridgehead atoms. The van der Waals surface area contributed by atoms with Gasteiger partial charge in [0.05, 0.1) is 23.1 Å². The Labute approximate surface area is 141 Å². The molecular formula is C17H21ClN4O. The zero-order valence-electron chi connectivity index (χ0n) is 13.4. The van der Waals surface area contributed by atoms with Crippen LogP contribution in [-0.4, -0.2) is 29.0 Å². The minimum Gasteiger partial charge on any atom is -0.355 e. The highest BCUT2D eigenvalue weighted by atomic mass is 35.5. The van der Waals surface area contributed by atoms with Crippen LogP contribution in [0.4, 0.5) is 11.5 Å². The SMILES string of the molecule is CCCN(CCC)c1cnc(C(=O)Nc2ccccc2Cl)cn1. The van der Waals surface area contributed by atoms with Crippen LogP contribution < -0.4 is 10.2 Å². The lowest BCUT2D eigenvalue weighted by Crippen LogP contribution is -2.26. The molecular weight excluding hydrogens is 312 g/mol. The van der Waals surface area contributed by atoms with Crippen molar-refractivity contribution in [3.05, 3.63) is 47.4 Å². The van der Waals surface area contributed by atoms with Gasteiger partial charge in [0.2, 0.25) is 0 Å². The molecule has 0 spiro atoms. The maximum Gasteiger partial charge on any atom is 0.275 e. The van der Waals surface area contributed by atoms with E-state index in [0.717, 1.165) is 31.7 Å². The van der Waals surface area contributed by atoms with Crippen LogP contribution in [0.15, 0.2) is 36.7 Å². The highest BCUT2D eigenvalue weighted by molar-refractivity contribution is 6.33. The van der Waals surface area contributed by atoms with Gasteiger partial charge in [-0.2, -0.15) is 0 Å². The molecule has 0 fully saturated rings. The Morgan fingerprint density at radius 1 is 1.13 bits per heavy atom. The number of nitrogens with zero attached hydrogens (tertiary/aromatic N) is 3. The number of hydrogen-bond donors (Lipinski definition) is 1. The number of nitrogens with one attached hydrogen (secondary N) is 1. The van der Waals surface area contributed by atoms with Crippen LogP contribution in [0.2, 0.25) is 5.02 Å². The second-order valence-electron chi connectivity index (χ2n) is 5.18. The number of carbonyl (C=O) groups is 1. The molecule has 2 rings (SSSR count). The highest BCUT2D eigenvalue weighted by Gasteiger charge is 2.12. The molecule has 2 aromatic rings. The summed E-state index contributed by atoms with van der Waals surface area (Å²) >= 11 is 6.03. The number of halogens is 1. The van der Waals surface area contributed by atoms with Crippen LogP contribution in [0.5, 0.6) is 0 Å². The van der Waals surface area contributed by atoms with E-state index in [1.54, 1.807) is 18.3 Å². The van der Waals surface area contributed by atoms with Gasteiger partial charge in [0.15, 0.2) is 0 Å². The molecule has 0 saturated heterocycles. The zero-order valence-corrected chi connectivity index (χ0v) is 14.2. The average molecular weight is 333 g/mol. The van der Waals surface area contributed by atoms with Gasteiger partial charge in [-0.3, -0.25) is 4.79 Å². The standard InChI is InChI=1S/C17H21ClN4O/c1-3-9-22(10-4-2)16-12-19-15(11-20-16)17(23)21-14-8-6-5-7-13(14)18/h5-8,11-12H,3-4,9-10H2,1-2H3,(H,21,23). The van der Waals surface area contributed by atoms with E-state index in [1.807, 2.05) is 12.1 Å². The van der Waals surface area contributed by atoms with Gasteiger partial charge in [-0.05, 0) is 25.0 Å².